The Labute approximate surface area is 138 Å². The number of hydrogen-bond donors (Lipinski definition) is 2. The SMILES string of the molecule is Cn1c(/C=C/CO)c(CO)c2c1C(=O)CC(N1C=C1N1C=C1)C2=O. The van der Waals surface area contributed by atoms with Crippen molar-refractivity contribution < 1.29 is 19.8 Å². The maximum absolute atomic E-state index is 13.0. The van der Waals surface area contributed by atoms with E-state index in [4.69, 9.17) is 5.11 Å². The maximum atomic E-state index is 13.0. The fourth-order valence-electron chi connectivity index (χ4n) is 3.38. The number of ketones is 2. The van der Waals surface area contributed by atoms with Gasteiger partial charge in [0.15, 0.2) is 11.6 Å². The van der Waals surface area contributed by atoms with E-state index in [1.165, 1.54) is 6.08 Å². The quantitative estimate of drug-likeness (QED) is 0.822. The molecule has 124 valence electrons. The van der Waals surface area contributed by atoms with Gasteiger partial charge in [0.05, 0.1) is 24.5 Å². The van der Waals surface area contributed by atoms with Crippen LogP contribution >= 0.6 is 0 Å². The first kappa shape index (κ1) is 14.9. The number of carbonyl (C=O) groups excluding carboxylic acids is 2. The topological polar surface area (TPSA) is 85.6 Å². The normalized spacial score (nSPS) is 21.6. The highest BCUT2D eigenvalue weighted by Gasteiger charge is 2.46. The summed E-state index contributed by atoms with van der Waals surface area (Å²) in [5.41, 5.74) is 1.65. The minimum Gasteiger partial charge on any atom is -0.392 e. The molecule has 2 aliphatic heterocycles. The molecule has 24 heavy (non-hydrogen) atoms. The summed E-state index contributed by atoms with van der Waals surface area (Å²) in [6.45, 7) is -0.497. The summed E-state index contributed by atoms with van der Waals surface area (Å²) in [5, 5.41) is 18.7. The molecule has 1 unspecified atom stereocenters. The van der Waals surface area contributed by atoms with E-state index in [1.54, 1.807) is 22.6 Å². The van der Waals surface area contributed by atoms with Crippen molar-refractivity contribution in [2.24, 2.45) is 7.05 Å². The van der Waals surface area contributed by atoms with Crippen LogP contribution in [0.4, 0.5) is 0 Å². The third-order valence-corrected chi connectivity index (χ3v) is 4.63. The van der Waals surface area contributed by atoms with Gasteiger partial charge in [-0.25, -0.2) is 0 Å². The lowest BCUT2D eigenvalue weighted by atomic mass is 9.88. The maximum Gasteiger partial charge on any atom is 0.188 e. The molecule has 7 nitrogen and oxygen atoms in total. The number of Topliss-reactive ketones (excluding diaryl/α,β-unsaturated/α-hetero) is 2. The van der Waals surface area contributed by atoms with Gasteiger partial charge in [-0.15, -0.1) is 0 Å². The summed E-state index contributed by atoms with van der Waals surface area (Å²) < 4.78 is 1.63. The molecular weight excluding hydrogens is 310 g/mol. The van der Waals surface area contributed by atoms with Crippen molar-refractivity contribution in [3.05, 3.63) is 53.0 Å². The van der Waals surface area contributed by atoms with Gasteiger partial charge in [0, 0.05) is 43.3 Å². The van der Waals surface area contributed by atoms with Gasteiger partial charge in [0.2, 0.25) is 0 Å². The Hall–Kier alpha value is -2.64. The number of aliphatic hydroxyl groups is 2. The summed E-state index contributed by atoms with van der Waals surface area (Å²) in [5.74, 6) is 0.640. The van der Waals surface area contributed by atoms with Gasteiger partial charge in [0.1, 0.15) is 11.9 Å². The number of aliphatic hydroxyl groups excluding tert-OH is 2. The zero-order valence-corrected chi connectivity index (χ0v) is 13.1. The molecule has 1 atom stereocenters. The molecule has 0 amide bonds. The Morgan fingerprint density at radius 2 is 2.04 bits per heavy atom. The van der Waals surface area contributed by atoms with Crippen LogP contribution in [0.15, 0.2) is 30.5 Å². The lowest BCUT2D eigenvalue weighted by Crippen LogP contribution is -2.38. The first-order valence-electron chi connectivity index (χ1n) is 7.72. The van der Waals surface area contributed by atoms with E-state index in [0.29, 0.717) is 22.5 Å². The number of rotatable bonds is 5. The predicted molar refractivity (Wildman–Crippen MR) is 85.4 cm³/mol. The lowest BCUT2D eigenvalue weighted by molar-refractivity contribution is 0.0808. The number of nitrogens with zero attached hydrogens (tertiary/aromatic N) is 3. The first-order valence-corrected chi connectivity index (χ1v) is 7.72. The van der Waals surface area contributed by atoms with E-state index in [9.17, 15) is 14.7 Å². The third kappa shape index (κ3) is 2.05. The Balaban J connectivity index is 1.74. The third-order valence-electron chi connectivity index (χ3n) is 4.63. The Morgan fingerprint density at radius 3 is 2.67 bits per heavy atom. The minimum absolute atomic E-state index is 0.117. The minimum atomic E-state index is -0.551. The van der Waals surface area contributed by atoms with Gasteiger partial charge in [-0.3, -0.25) is 9.59 Å². The Morgan fingerprint density at radius 1 is 1.29 bits per heavy atom. The molecule has 0 saturated carbocycles. The molecule has 0 aromatic carbocycles. The van der Waals surface area contributed by atoms with Gasteiger partial charge < -0.3 is 24.6 Å². The molecule has 1 aromatic heterocycles. The van der Waals surface area contributed by atoms with Gasteiger partial charge in [-0.05, 0) is 6.08 Å². The average Bonchev–Trinajstić information content (AvgIpc) is 3.44. The average molecular weight is 327 g/mol. The standard InChI is InChI=1S/C17H17N3O4/c1-18-11(3-2-6-21)10(9-22)15-16(18)13(23)7-12(17(15)24)20-8-14(20)19-4-5-19/h2-5,8,12,21-22H,6-7,9H2,1H3/b3-2+. The van der Waals surface area contributed by atoms with Crippen molar-refractivity contribution in [3.63, 3.8) is 0 Å². The zero-order chi connectivity index (χ0) is 17.0. The molecule has 0 bridgehead atoms. The molecule has 1 aromatic rings. The van der Waals surface area contributed by atoms with Crippen LogP contribution in [0, 0.1) is 0 Å². The van der Waals surface area contributed by atoms with Crippen molar-refractivity contribution in [1.29, 1.82) is 0 Å². The van der Waals surface area contributed by atoms with Crippen LogP contribution in [0.3, 0.4) is 0 Å². The second-order valence-electron chi connectivity index (χ2n) is 6.00. The van der Waals surface area contributed by atoms with Crippen LogP contribution in [0.2, 0.25) is 0 Å². The van der Waals surface area contributed by atoms with Crippen LogP contribution in [0.5, 0.6) is 0 Å². The summed E-state index contributed by atoms with van der Waals surface area (Å²) in [6.07, 6.45) is 8.86. The molecule has 7 heteroatoms. The van der Waals surface area contributed by atoms with Crippen LogP contribution < -0.4 is 0 Å². The molecule has 0 radical (unpaired) electrons. The summed E-state index contributed by atoms with van der Waals surface area (Å²) in [7, 11) is 1.70. The second-order valence-corrected chi connectivity index (χ2v) is 6.00. The molecule has 4 rings (SSSR count). The number of hydrogen-bond acceptors (Lipinski definition) is 6. The molecular formula is C17H17N3O4. The fraction of sp³-hybridized carbons (Fsp3) is 0.294. The Bertz CT molecular complexity index is 841. The molecule has 3 aliphatic rings. The smallest absolute Gasteiger partial charge is 0.188 e. The zero-order valence-electron chi connectivity index (χ0n) is 13.1. The van der Waals surface area contributed by atoms with Crippen LogP contribution in [-0.4, -0.2) is 48.8 Å². The van der Waals surface area contributed by atoms with Crippen molar-refractivity contribution in [2.45, 2.75) is 19.1 Å². The van der Waals surface area contributed by atoms with Crippen LogP contribution in [-0.2, 0) is 13.7 Å². The summed E-state index contributed by atoms with van der Waals surface area (Å²) in [4.78, 5) is 29.3. The van der Waals surface area contributed by atoms with Gasteiger partial charge in [0.25, 0.3) is 0 Å². The highest BCUT2D eigenvalue weighted by Crippen LogP contribution is 2.39. The van der Waals surface area contributed by atoms with Crippen LogP contribution in [0.1, 0.15) is 38.5 Å². The van der Waals surface area contributed by atoms with E-state index in [0.717, 1.165) is 5.82 Å². The van der Waals surface area contributed by atoms with E-state index < -0.39 is 6.04 Å². The second kappa shape index (κ2) is 5.19. The monoisotopic (exact) mass is 327 g/mol. The van der Waals surface area contributed by atoms with E-state index in [1.807, 2.05) is 23.5 Å². The van der Waals surface area contributed by atoms with Crippen LogP contribution in [0.25, 0.3) is 6.08 Å². The van der Waals surface area contributed by atoms with Crippen molar-refractivity contribution >= 4 is 17.6 Å². The molecule has 2 N–H and O–H groups in total. The highest BCUT2D eigenvalue weighted by molar-refractivity contribution is 6.17. The van der Waals surface area contributed by atoms with Crippen molar-refractivity contribution in [1.82, 2.24) is 14.4 Å². The van der Waals surface area contributed by atoms with Gasteiger partial charge in [-0.2, -0.15) is 0 Å². The van der Waals surface area contributed by atoms with E-state index >= 15 is 0 Å². The molecule has 0 saturated heterocycles. The predicted octanol–water partition coefficient (Wildman–Crippen LogP) is 0.562. The fourth-order valence-corrected chi connectivity index (χ4v) is 3.38. The van der Waals surface area contributed by atoms with Gasteiger partial charge >= 0.3 is 0 Å². The molecule has 0 fully saturated rings. The number of carbonyl (C=O) groups is 2. The summed E-state index contributed by atoms with van der Waals surface area (Å²) in [6, 6.07) is -0.551. The summed E-state index contributed by atoms with van der Waals surface area (Å²) >= 11 is 0. The lowest BCUT2D eigenvalue weighted by Gasteiger charge is -2.24. The largest absolute Gasteiger partial charge is 0.392 e. The molecule has 3 heterocycles. The molecule has 1 aliphatic carbocycles. The number of fused-ring (bicyclic) bond motifs is 1. The van der Waals surface area contributed by atoms with Crippen molar-refractivity contribution in [2.75, 3.05) is 6.61 Å². The van der Waals surface area contributed by atoms with E-state index in [-0.39, 0.29) is 31.2 Å². The first-order chi connectivity index (χ1) is 11.6. The molecule has 0 spiro atoms. The highest BCUT2D eigenvalue weighted by atomic mass is 16.3. The van der Waals surface area contributed by atoms with Gasteiger partial charge in [-0.1, -0.05) is 6.08 Å². The Kier molecular flexibility index (Phi) is 3.22. The van der Waals surface area contributed by atoms with E-state index in [2.05, 4.69) is 0 Å². The van der Waals surface area contributed by atoms with Crippen molar-refractivity contribution in [3.8, 4) is 0 Å². The number of aromatic nitrogens is 1.